The number of aryl methyl sites for hydroxylation is 1. The molecular weight excluding hydrogens is 244 g/mol. The second kappa shape index (κ2) is 4.87. The number of amides is 1. The summed E-state index contributed by atoms with van der Waals surface area (Å²) in [5, 5.41) is 4.01. The van der Waals surface area contributed by atoms with Gasteiger partial charge in [0.15, 0.2) is 0 Å². The van der Waals surface area contributed by atoms with Gasteiger partial charge in [0.2, 0.25) is 5.91 Å². The van der Waals surface area contributed by atoms with Gasteiger partial charge >= 0.3 is 0 Å². The molecule has 0 unspecified atom stereocenters. The van der Waals surface area contributed by atoms with Gasteiger partial charge in [-0.25, -0.2) is 4.52 Å². The summed E-state index contributed by atoms with van der Waals surface area (Å²) < 4.78 is 3.12. The number of carbonyl (C=O) groups is 1. The zero-order chi connectivity index (χ0) is 13.2. The third-order valence-corrected chi connectivity index (χ3v) is 3.56. The van der Waals surface area contributed by atoms with Crippen LogP contribution in [0.15, 0.2) is 29.5 Å². The summed E-state index contributed by atoms with van der Waals surface area (Å²) in [5.41, 5.74) is 0.436. The van der Waals surface area contributed by atoms with Crippen molar-refractivity contribution >= 4 is 11.4 Å². The number of hydrogen-bond donors (Lipinski definition) is 0. The molecule has 19 heavy (non-hydrogen) atoms. The Kier molecular flexibility index (Phi) is 3.06. The minimum Gasteiger partial charge on any atom is -0.343 e. The van der Waals surface area contributed by atoms with E-state index in [1.165, 1.54) is 0 Å². The van der Waals surface area contributed by atoms with Crippen LogP contribution in [0.4, 0.5) is 0 Å². The lowest BCUT2D eigenvalue weighted by Gasteiger charge is -2.15. The molecule has 1 aliphatic heterocycles. The van der Waals surface area contributed by atoms with Gasteiger partial charge in [0, 0.05) is 38.4 Å². The molecule has 6 nitrogen and oxygen atoms in total. The van der Waals surface area contributed by atoms with Crippen LogP contribution in [-0.4, -0.2) is 38.1 Å². The van der Waals surface area contributed by atoms with Crippen molar-refractivity contribution in [1.29, 1.82) is 0 Å². The Bertz CT molecular complexity index is 652. The van der Waals surface area contributed by atoms with Crippen molar-refractivity contribution in [3.8, 4) is 0 Å². The maximum atomic E-state index is 12.1. The molecule has 1 fully saturated rings. The molecule has 6 heteroatoms. The van der Waals surface area contributed by atoms with Crippen molar-refractivity contribution in [3.05, 3.63) is 35.0 Å². The van der Waals surface area contributed by atoms with Crippen molar-refractivity contribution < 1.29 is 4.79 Å². The molecule has 1 saturated heterocycles. The average molecular weight is 260 g/mol. The molecule has 0 spiro atoms. The number of nitrogens with zero attached hydrogens (tertiary/aromatic N) is 4. The van der Waals surface area contributed by atoms with Gasteiger partial charge < -0.3 is 9.47 Å². The number of carbonyl (C=O) groups excluding carboxylic acids is 1. The minimum atomic E-state index is -0.103. The lowest BCUT2D eigenvalue weighted by Crippen LogP contribution is -2.30. The molecule has 0 radical (unpaired) electrons. The first kappa shape index (κ1) is 12.0. The summed E-state index contributed by atoms with van der Waals surface area (Å²) in [5.74, 6) is 0.137. The van der Waals surface area contributed by atoms with Gasteiger partial charge in [-0.2, -0.15) is 5.10 Å². The van der Waals surface area contributed by atoms with Crippen LogP contribution in [0.3, 0.4) is 0 Å². The SMILES string of the molecule is O=C(CCn1ccn2nccc2c1=O)N1CCCC1. The van der Waals surface area contributed by atoms with Crippen LogP contribution < -0.4 is 5.56 Å². The number of aromatic nitrogens is 3. The summed E-state index contributed by atoms with van der Waals surface area (Å²) in [7, 11) is 0. The average Bonchev–Trinajstić information content (AvgIpc) is 3.09. The third-order valence-electron chi connectivity index (χ3n) is 3.56. The van der Waals surface area contributed by atoms with E-state index < -0.39 is 0 Å². The number of fused-ring (bicyclic) bond motifs is 1. The number of rotatable bonds is 3. The molecule has 3 rings (SSSR count). The van der Waals surface area contributed by atoms with Crippen LogP contribution in [0.5, 0.6) is 0 Å². The Morgan fingerprint density at radius 2 is 2.05 bits per heavy atom. The van der Waals surface area contributed by atoms with E-state index >= 15 is 0 Å². The fourth-order valence-electron chi connectivity index (χ4n) is 2.48. The Balaban J connectivity index is 1.72. The van der Waals surface area contributed by atoms with E-state index in [1.807, 2.05) is 4.90 Å². The molecule has 0 atom stereocenters. The summed E-state index contributed by atoms with van der Waals surface area (Å²) in [6.07, 6.45) is 7.57. The van der Waals surface area contributed by atoms with Crippen LogP contribution >= 0.6 is 0 Å². The quantitative estimate of drug-likeness (QED) is 0.808. The molecule has 3 heterocycles. The van der Waals surface area contributed by atoms with E-state index in [0.717, 1.165) is 25.9 Å². The number of hydrogen-bond acceptors (Lipinski definition) is 3. The molecule has 0 saturated carbocycles. The van der Waals surface area contributed by atoms with E-state index in [1.54, 1.807) is 33.7 Å². The zero-order valence-electron chi connectivity index (χ0n) is 10.7. The lowest BCUT2D eigenvalue weighted by atomic mass is 10.3. The smallest absolute Gasteiger partial charge is 0.276 e. The van der Waals surface area contributed by atoms with Crippen LogP contribution in [0, 0.1) is 0 Å². The Morgan fingerprint density at radius 3 is 2.84 bits per heavy atom. The molecule has 100 valence electrons. The molecular formula is C13H16N4O2. The van der Waals surface area contributed by atoms with Crippen LogP contribution in [-0.2, 0) is 11.3 Å². The fraction of sp³-hybridized carbons (Fsp3) is 0.462. The minimum absolute atomic E-state index is 0.103. The molecule has 0 bridgehead atoms. The molecule has 1 amide bonds. The van der Waals surface area contributed by atoms with Gasteiger partial charge in [-0.15, -0.1) is 0 Å². The highest BCUT2D eigenvalue weighted by Crippen LogP contribution is 2.09. The lowest BCUT2D eigenvalue weighted by molar-refractivity contribution is -0.130. The van der Waals surface area contributed by atoms with Gasteiger partial charge in [0.05, 0.1) is 6.20 Å². The first-order chi connectivity index (χ1) is 9.25. The molecule has 0 N–H and O–H groups in total. The van der Waals surface area contributed by atoms with E-state index in [4.69, 9.17) is 0 Å². The molecule has 2 aromatic rings. The van der Waals surface area contributed by atoms with E-state index in [9.17, 15) is 9.59 Å². The van der Waals surface area contributed by atoms with E-state index in [2.05, 4.69) is 5.10 Å². The van der Waals surface area contributed by atoms with Gasteiger partial charge in [-0.1, -0.05) is 0 Å². The van der Waals surface area contributed by atoms with Crippen molar-refractivity contribution in [3.63, 3.8) is 0 Å². The van der Waals surface area contributed by atoms with Gasteiger partial charge in [0.25, 0.3) is 5.56 Å². The highest BCUT2D eigenvalue weighted by molar-refractivity contribution is 5.76. The Hall–Kier alpha value is -2.11. The first-order valence-electron chi connectivity index (χ1n) is 6.56. The van der Waals surface area contributed by atoms with Crippen molar-refractivity contribution in [1.82, 2.24) is 19.1 Å². The maximum Gasteiger partial charge on any atom is 0.276 e. The summed E-state index contributed by atoms with van der Waals surface area (Å²) in [6.45, 7) is 2.14. The summed E-state index contributed by atoms with van der Waals surface area (Å²) in [4.78, 5) is 25.9. The van der Waals surface area contributed by atoms with Crippen molar-refractivity contribution in [2.75, 3.05) is 13.1 Å². The predicted molar refractivity (Wildman–Crippen MR) is 69.9 cm³/mol. The maximum absolute atomic E-state index is 12.1. The predicted octanol–water partition coefficient (Wildman–Crippen LogP) is 0.508. The first-order valence-corrected chi connectivity index (χ1v) is 6.56. The fourth-order valence-corrected chi connectivity index (χ4v) is 2.48. The van der Waals surface area contributed by atoms with Crippen LogP contribution in [0.2, 0.25) is 0 Å². The van der Waals surface area contributed by atoms with Gasteiger partial charge in [-0.3, -0.25) is 9.59 Å². The third kappa shape index (κ3) is 2.25. The summed E-state index contributed by atoms with van der Waals surface area (Å²) >= 11 is 0. The van der Waals surface area contributed by atoms with Crippen molar-refractivity contribution in [2.45, 2.75) is 25.8 Å². The Morgan fingerprint density at radius 1 is 1.26 bits per heavy atom. The van der Waals surface area contributed by atoms with Crippen LogP contribution in [0.1, 0.15) is 19.3 Å². The van der Waals surface area contributed by atoms with Gasteiger partial charge in [0.1, 0.15) is 5.52 Å². The van der Waals surface area contributed by atoms with E-state index in [-0.39, 0.29) is 11.5 Å². The Labute approximate surface area is 110 Å². The topological polar surface area (TPSA) is 59.6 Å². The largest absolute Gasteiger partial charge is 0.343 e. The highest BCUT2D eigenvalue weighted by atomic mass is 16.2. The molecule has 0 aromatic carbocycles. The standard InChI is InChI=1S/C13H16N4O2/c18-12(15-6-1-2-7-15)4-8-16-9-10-17-11(13(16)19)3-5-14-17/h3,5,9-10H,1-2,4,6-8H2. The van der Waals surface area contributed by atoms with E-state index in [0.29, 0.717) is 18.5 Å². The zero-order valence-corrected chi connectivity index (χ0v) is 10.7. The molecule has 2 aromatic heterocycles. The van der Waals surface area contributed by atoms with Gasteiger partial charge in [-0.05, 0) is 18.9 Å². The second-order valence-corrected chi connectivity index (χ2v) is 4.80. The highest BCUT2D eigenvalue weighted by Gasteiger charge is 2.17. The monoisotopic (exact) mass is 260 g/mol. The number of likely N-dealkylation sites (tertiary alicyclic amines) is 1. The normalized spacial score (nSPS) is 15.3. The molecule has 1 aliphatic rings. The second-order valence-electron chi connectivity index (χ2n) is 4.80. The molecule has 0 aliphatic carbocycles. The van der Waals surface area contributed by atoms with Crippen LogP contribution in [0.25, 0.3) is 5.52 Å². The van der Waals surface area contributed by atoms with Crippen molar-refractivity contribution in [2.24, 2.45) is 0 Å². The summed E-state index contributed by atoms with van der Waals surface area (Å²) in [6, 6.07) is 1.68.